The Labute approximate surface area is 145 Å². The largest absolute Gasteiger partial charge is 0.392 e. The zero-order valence-corrected chi connectivity index (χ0v) is 15.2. The van der Waals surface area contributed by atoms with Gasteiger partial charge in [-0.25, -0.2) is 12.7 Å². The maximum absolute atomic E-state index is 11.6. The van der Waals surface area contributed by atoms with Crippen LogP contribution in [0.2, 0.25) is 0 Å². The summed E-state index contributed by atoms with van der Waals surface area (Å²) in [7, 11) is -3.04. The summed E-state index contributed by atoms with van der Waals surface area (Å²) in [4.78, 5) is 2.48. The van der Waals surface area contributed by atoms with Gasteiger partial charge in [0.05, 0.1) is 12.9 Å². The Morgan fingerprint density at radius 2 is 1.83 bits per heavy atom. The van der Waals surface area contributed by atoms with Crippen LogP contribution in [0, 0.1) is 5.92 Å². The third-order valence-electron chi connectivity index (χ3n) is 5.49. The zero-order valence-electron chi connectivity index (χ0n) is 14.4. The first-order valence-corrected chi connectivity index (χ1v) is 10.7. The number of rotatable bonds is 5. The highest BCUT2D eigenvalue weighted by Crippen LogP contribution is 2.31. The molecule has 0 aliphatic carbocycles. The molecule has 134 valence electrons. The molecule has 2 saturated heterocycles. The van der Waals surface area contributed by atoms with Gasteiger partial charge >= 0.3 is 0 Å². The minimum Gasteiger partial charge on any atom is -0.392 e. The molecule has 2 aliphatic rings. The molecule has 1 aromatic rings. The van der Waals surface area contributed by atoms with Crippen LogP contribution in [0.5, 0.6) is 0 Å². The van der Waals surface area contributed by atoms with Crippen molar-refractivity contribution in [1.29, 1.82) is 0 Å². The predicted octanol–water partition coefficient (Wildman–Crippen LogP) is 1.64. The van der Waals surface area contributed by atoms with Crippen LogP contribution in [0.1, 0.15) is 36.3 Å². The van der Waals surface area contributed by atoms with Gasteiger partial charge in [-0.1, -0.05) is 24.3 Å². The molecule has 0 spiro atoms. The van der Waals surface area contributed by atoms with Crippen molar-refractivity contribution in [1.82, 2.24) is 9.21 Å². The molecule has 2 heterocycles. The van der Waals surface area contributed by atoms with Crippen molar-refractivity contribution >= 4 is 10.0 Å². The van der Waals surface area contributed by atoms with Gasteiger partial charge in [-0.2, -0.15) is 0 Å². The van der Waals surface area contributed by atoms with Crippen LogP contribution in [-0.4, -0.2) is 61.7 Å². The molecule has 1 aromatic carbocycles. The van der Waals surface area contributed by atoms with Crippen LogP contribution in [0.4, 0.5) is 0 Å². The van der Waals surface area contributed by atoms with Gasteiger partial charge in [0.2, 0.25) is 10.0 Å². The normalized spacial score (nSPS) is 24.5. The Morgan fingerprint density at radius 3 is 2.46 bits per heavy atom. The van der Waals surface area contributed by atoms with Gasteiger partial charge in [-0.15, -0.1) is 0 Å². The van der Waals surface area contributed by atoms with E-state index in [0.717, 1.165) is 44.5 Å². The highest BCUT2D eigenvalue weighted by molar-refractivity contribution is 7.88. The summed E-state index contributed by atoms with van der Waals surface area (Å²) in [6.07, 6.45) is 4.50. The summed E-state index contributed by atoms with van der Waals surface area (Å²) in [5, 5.41) is 9.52. The Morgan fingerprint density at radius 1 is 1.12 bits per heavy atom. The molecule has 2 aliphatic heterocycles. The van der Waals surface area contributed by atoms with Gasteiger partial charge in [0.1, 0.15) is 0 Å². The van der Waals surface area contributed by atoms with E-state index in [-0.39, 0.29) is 6.61 Å². The van der Waals surface area contributed by atoms with Gasteiger partial charge in [0.25, 0.3) is 0 Å². The van der Waals surface area contributed by atoms with Crippen LogP contribution >= 0.6 is 0 Å². The summed E-state index contributed by atoms with van der Waals surface area (Å²) in [5.74, 6) is 0.988. The topological polar surface area (TPSA) is 60.9 Å². The van der Waals surface area contributed by atoms with E-state index in [1.807, 2.05) is 12.1 Å². The molecule has 0 aromatic heterocycles. The van der Waals surface area contributed by atoms with Crippen molar-refractivity contribution in [2.75, 3.05) is 39.0 Å². The third-order valence-corrected chi connectivity index (χ3v) is 6.76. The molecular weight excluding hydrogens is 324 g/mol. The van der Waals surface area contributed by atoms with E-state index in [1.165, 1.54) is 11.8 Å². The van der Waals surface area contributed by atoms with Crippen molar-refractivity contribution in [3.8, 4) is 0 Å². The Kier molecular flexibility index (Phi) is 5.59. The molecule has 5 nitrogen and oxygen atoms in total. The first-order valence-electron chi connectivity index (χ1n) is 8.83. The van der Waals surface area contributed by atoms with E-state index in [0.29, 0.717) is 24.9 Å². The predicted molar refractivity (Wildman–Crippen MR) is 95.3 cm³/mol. The number of benzene rings is 1. The van der Waals surface area contributed by atoms with Crippen molar-refractivity contribution in [2.45, 2.75) is 31.8 Å². The molecule has 1 unspecified atom stereocenters. The van der Waals surface area contributed by atoms with E-state index in [4.69, 9.17) is 0 Å². The van der Waals surface area contributed by atoms with E-state index >= 15 is 0 Å². The summed E-state index contributed by atoms with van der Waals surface area (Å²) >= 11 is 0. The summed E-state index contributed by atoms with van der Waals surface area (Å²) in [6.45, 7) is 4.57. The van der Waals surface area contributed by atoms with Gasteiger partial charge in [0, 0.05) is 19.6 Å². The lowest BCUT2D eigenvalue weighted by Crippen LogP contribution is -2.37. The smallest absolute Gasteiger partial charge is 0.211 e. The van der Waals surface area contributed by atoms with E-state index in [2.05, 4.69) is 17.0 Å². The molecule has 0 amide bonds. The fourth-order valence-electron chi connectivity index (χ4n) is 4.12. The second-order valence-corrected chi connectivity index (χ2v) is 9.19. The zero-order chi connectivity index (χ0) is 17.2. The third kappa shape index (κ3) is 4.17. The van der Waals surface area contributed by atoms with Gasteiger partial charge in [-0.05, 0) is 55.3 Å². The summed E-state index contributed by atoms with van der Waals surface area (Å²) in [5.41, 5.74) is 2.35. The van der Waals surface area contributed by atoms with Crippen molar-refractivity contribution in [2.24, 2.45) is 5.92 Å². The fourth-order valence-corrected chi connectivity index (χ4v) is 5.03. The number of hydrogen-bond acceptors (Lipinski definition) is 4. The lowest BCUT2D eigenvalue weighted by atomic mass is 9.86. The summed E-state index contributed by atoms with van der Waals surface area (Å²) in [6, 6.07) is 8.20. The fraction of sp³-hybridized carbons (Fsp3) is 0.667. The Balaban J connectivity index is 1.51. The van der Waals surface area contributed by atoms with E-state index in [9.17, 15) is 13.5 Å². The molecule has 1 N–H and O–H groups in total. The molecule has 24 heavy (non-hydrogen) atoms. The minimum absolute atomic E-state index is 0.111. The molecule has 6 heteroatoms. The quantitative estimate of drug-likeness (QED) is 0.875. The second kappa shape index (κ2) is 7.52. The number of aliphatic hydroxyl groups excluding tert-OH is 1. The molecule has 2 fully saturated rings. The van der Waals surface area contributed by atoms with Gasteiger partial charge in [0.15, 0.2) is 0 Å². The number of hydrogen-bond donors (Lipinski definition) is 1. The lowest BCUT2D eigenvalue weighted by molar-refractivity contribution is 0.184. The molecule has 1 atom stereocenters. The maximum Gasteiger partial charge on any atom is 0.211 e. The Bertz CT molecular complexity index is 654. The standard InChI is InChI=1S/C18H28N2O3S/c1-24(22,23)20-11-6-15(13-20)12-19-9-7-16(8-10-19)18-5-3-2-4-17(18)14-21/h2-5,15-16,21H,6-14H2,1H3. The highest BCUT2D eigenvalue weighted by Gasteiger charge is 2.31. The van der Waals surface area contributed by atoms with Crippen molar-refractivity contribution in [3.63, 3.8) is 0 Å². The van der Waals surface area contributed by atoms with Crippen LogP contribution in [0.25, 0.3) is 0 Å². The highest BCUT2D eigenvalue weighted by atomic mass is 32.2. The van der Waals surface area contributed by atoms with Crippen LogP contribution < -0.4 is 0 Å². The average Bonchev–Trinajstić information content (AvgIpc) is 3.04. The molecule has 0 saturated carbocycles. The molecule has 0 bridgehead atoms. The SMILES string of the molecule is CS(=O)(=O)N1CCC(CN2CCC(c3ccccc3CO)CC2)C1. The molecule has 0 radical (unpaired) electrons. The van der Waals surface area contributed by atoms with Crippen LogP contribution in [0.15, 0.2) is 24.3 Å². The number of sulfonamides is 1. The summed E-state index contributed by atoms with van der Waals surface area (Å²) < 4.78 is 24.9. The first kappa shape index (κ1) is 17.9. The average molecular weight is 353 g/mol. The van der Waals surface area contributed by atoms with Crippen molar-refractivity contribution in [3.05, 3.63) is 35.4 Å². The minimum atomic E-state index is -3.04. The Hall–Kier alpha value is -0.950. The van der Waals surface area contributed by atoms with Crippen LogP contribution in [-0.2, 0) is 16.6 Å². The van der Waals surface area contributed by atoms with Gasteiger partial charge in [-0.3, -0.25) is 0 Å². The van der Waals surface area contributed by atoms with Crippen molar-refractivity contribution < 1.29 is 13.5 Å². The van der Waals surface area contributed by atoms with Gasteiger partial charge < -0.3 is 10.0 Å². The number of nitrogens with zero attached hydrogens (tertiary/aromatic N) is 2. The molecule has 3 rings (SSSR count). The first-order chi connectivity index (χ1) is 11.5. The second-order valence-electron chi connectivity index (χ2n) is 7.21. The van der Waals surface area contributed by atoms with E-state index < -0.39 is 10.0 Å². The number of piperidine rings is 1. The van der Waals surface area contributed by atoms with Crippen LogP contribution in [0.3, 0.4) is 0 Å². The molecular formula is C18H28N2O3S. The monoisotopic (exact) mass is 352 g/mol. The lowest BCUT2D eigenvalue weighted by Gasteiger charge is -2.34. The van der Waals surface area contributed by atoms with E-state index in [1.54, 1.807) is 4.31 Å². The number of likely N-dealkylation sites (tertiary alicyclic amines) is 1. The maximum atomic E-state index is 11.6. The number of aliphatic hydroxyl groups is 1.